The molecule has 0 aliphatic heterocycles. The van der Waals surface area contributed by atoms with E-state index in [4.69, 9.17) is 4.98 Å². The summed E-state index contributed by atoms with van der Waals surface area (Å²) in [6, 6.07) is 16.8. The molecule has 4 nitrogen and oxygen atoms in total. The largest absolute Gasteiger partial charge is 0.349 e. The molecule has 1 amide bonds. The first kappa shape index (κ1) is 14.9. The van der Waals surface area contributed by atoms with E-state index in [0.29, 0.717) is 19.0 Å². The minimum Gasteiger partial charge on any atom is -0.349 e. The fourth-order valence-electron chi connectivity index (χ4n) is 3.21. The van der Waals surface area contributed by atoms with Gasteiger partial charge in [0.2, 0.25) is 5.91 Å². The molecule has 24 heavy (non-hydrogen) atoms. The van der Waals surface area contributed by atoms with Crippen LogP contribution in [0.5, 0.6) is 0 Å². The number of hydrogen-bond donors (Lipinski definition) is 1. The number of aromatic nitrogens is 2. The van der Waals surface area contributed by atoms with Gasteiger partial charge in [0.25, 0.3) is 0 Å². The first-order valence-corrected chi connectivity index (χ1v) is 8.49. The van der Waals surface area contributed by atoms with E-state index in [0.717, 1.165) is 16.9 Å². The van der Waals surface area contributed by atoms with Gasteiger partial charge in [-0.2, -0.15) is 0 Å². The Morgan fingerprint density at radius 3 is 2.83 bits per heavy atom. The zero-order valence-electron chi connectivity index (χ0n) is 13.8. The molecule has 2 aromatic carbocycles. The summed E-state index contributed by atoms with van der Waals surface area (Å²) in [6.45, 7) is 2.52. The van der Waals surface area contributed by atoms with Crippen molar-refractivity contribution in [1.82, 2.24) is 14.9 Å². The van der Waals surface area contributed by atoms with E-state index in [1.165, 1.54) is 23.9 Å². The number of nitrogens with zero attached hydrogens (tertiary/aromatic N) is 2. The van der Waals surface area contributed by atoms with Gasteiger partial charge in [0.05, 0.1) is 24.0 Å². The van der Waals surface area contributed by atoms with Crippen molar-refractivity contribution in [1.29, 1.82) is 0 Å². The van der Waals surface area contributed by atoms with Gasteiger partial charge in [0, 0.05) is 6.04 Å². The highest BCUT2D eigenvalue weighted by Crippen LogP contribution is 2.38. The summed E-state index contributed by atoms with van der Waals surface area (Å²) in [5.74, 6) is 0.992. The molecule has 4 rings (SSSR count). The maximum atomic E-state index is 12.3. The summed E-state index contributed by atoms with van der Waals surface area (Å²) in [6.07, 6.45) is 2.81. The predicted molar refractivity (Wildman–Crippen MR) is 94.7 cm³/mol. The smallest absolute Gasteiger partial charge is 0.224 e. The fraction of sp³-hybridized carbons (Fsp3) is 0.300. The number of rotatable bonds is 5. The van der Waals surface area contributed by atoms with Crippen LogP contribution in [0.1, 0.15) is 35.8 Å². The molecule has 1 heterocycles. The van der Waals surface area contributed by atoms with Gasteiger partial charge in [0.1, 0.15) is 5.82 Å². The number of imidazole rings is 1. The maximum Gasteiger partial charge on any atom is 0.224 e. The number of fused-ring (bicyclic) bond motifs is 1. The van der Waals surface area contributed by atoms with Crippen LogP contribution in [0.25, 0.3) is 11.0 Å². The summed E-state index contributed by atoms with van der Waals surface area (Å²) in [4.78, 5) is 17.0. The lowest BCUT2D eigenvalue weighted by Crippen LogP contribution is -2.26. The monoisotopic (exact) mass is 319 g/mol. The Morgan fingerprint density at radius 2 is 2.04 bits per heavy atom. The van der Waals surface area contributed by atoms with Gasteiger partial charge >= 0.3 is 0 Å². The van der Waals surface area contributed by atoms with Crippen molar-refractivity contribution < 1.29 is 4.79 Å². The average molecular weight is 319 g/mol. The molecule has 1 aliphatic carbocycles. The normalized spacial score (nSPS) is 14.0. The van der Waals surface area contributed by atoms with Crippen LogP contribution in [0.3, 0.4) is 0 Å². The summed E-state index contributed by atoms with van der Waals surface area (Å²) < 4.78 is 2.29. The SMILES string of the molecule is Cc1cccc(CC(=O)NCc2nc3ccccc3n2C2CC2)c1. The molecule has 0 unspecified atom stereocenters. The van der Waals surface area contributed by atoms with E-state index in [1.807, 2.05) is 43.3 Å². The van der Waals surface area contributed by atoms with Crippen LogP contribution in [0, 0.1) is 6.92 Å². The quantitative estimate of drug-likeness (QED) is 0.782. The van der Waals surface area contributed by atoms with E-state index in [1.54, 1.807) is 0 Å². The van der Waals surface area contributed by atoms with Gasteiger partial charge in [-0.15, -0.1) is 0 Å². The van der Waals surface area contributed by atoms with Crippen molar-refractivity contribution >= 4 is 16.9 Å². The van der Waals surface area contributed by atoms with E-state index < -0.39 is 0 Å². The Kier molecular flexibility index (Phi) is 3.81. The second kappa shape index (κ2) is 6.11. The summed E-state index contributed by atoms with van der Waals surface area (Å²) in [7, 11) is 0. The summed E-state index contributed by atoms with van der Waals surface area (Å²) in [5.41, 5.74) is 4.40. The maximum absolute atomic E-state index is 12.3. The molecule has 0 saturated heterocycles. The lowest BCUT2D eigenvalue weighted by molar-refractivity contribution is -0.120. The number of benzene rings is 2. The van der Waals surface area contributed by atoms with Crippen molar-refractivity contribution in [2.75, 3.05) is 0 Å². The number of aryl methyl sites for hydroxylation is 1. The number of hydrogen-bond acceptors (Lipinski definition) is 2. The highest BCUT2D eigenvalue weighted by atomic mass is 16.1. The molecule has 3 aromatic rings. The highest BCUT2D eigenvalue weighted by Gasteiger charge is 2.28. The highest BCUT2D eigenvalue weighted by molar-refractivity contribution is 5.79. The van der Waals surface area contributed by atoms with Crippen molar-refractivity contribution in [3.8, 4) is 0 Å². The number of nitrogens with one attached hydrogen (secondary N) is 1. The average Bonchev–Trinajstić information content (AvgIpc) is 3.33. The number of carbonyl (C=O) groups is 1. The van der Waals surface area contributed by atoms with E-state index in [2.05, 4.69) is 22.0 Å². The van der Waals surface area contributed by atoms with E-state index in [9.17, 15) is 4.79 Å². The molecule has 1 aromatic heterocycles. The zero-order chi connectivity index (χ0) is 16.5. The second-order valence-corrected chi connectivity index (χ2v) is 6.56. The van der Waals surface area contributed by atoms with Crippen LogP contribution < -0.4 is 5.32 Å². The third-order valence-electron chi connectivity index (χ3n) is 4.47. The van der Waals surface area contributed by atoms with Crippen molar-refractivity contribution in [3.63, 3.8) is 0 Å². The molecule has 1 aliphatic rings. The summed E-state index contributed by atoms with van der Waals surface area (Å²) in [5, 5.41) is 3.03. The van der Waals surface area contributed by atoms with Crippen LogP contribution in [-0.4, -0.2) is 15.5 Å². The molecule has 1 saturated carbocycles. The lowest BCUT2D eigenvalue weighted by atomic mass is 10.1. The molecular formula is C20H21N3O. The first-order valence-electron chi connectivity index (χ1n) is 8.49. The van der Waals surface area contributed by atoms with Crippen LogP contribution in [-0.2, 0) is 17.8 Å². The fourth-order valence-corrected chi connectivity index (χ4v) is 3.21. The van der Waals surface area contributed by atoms with Crippen LogP contribution in [0.4, 0.5) is 0 Å². The molecule has 0 atom stereocenters. The van der Waals surface area contributed by atoms with E-state index >= 15 is 0 Å². The second-order valence-electron chi connectivity index (χ2n) is 6.56. The molecule has 0 radical (unpaired) electrons. The zero-order valence-corrected chi connectivity index (χ0v) is 13.8. The standard InChI is InChI=1S/C20H21N3O/c1-14-5-4-6-15(11-14)12-20(24)21-13-19-22-17-7-2-3-8-18(17)23(19)16-9-10-16/h2-8,11,16H,9-10,12-13H2,1H3,(H,21,24). The number of para-hydroxylation sites is 2. The van der Waals surface area contributed by atoms with E-state index in [-0.39, 0.29) is 5.91 Å². The van der Waals surface area contributed by atoms with Crippen LogP contribution in [0.2, 0.25) is 0 Å². The Bertz CT molecular complexity index is 893. The minimum atomic E-state index is 0.0370. The molecule has 0 bridgehead atoms. The van der Waals surface area contributed by atoms with Crippen LogP contribution >= 0.6 is 0 Å². The Morgan fingerprint density at radius 1 is 1.21 bits per heavy atom. The summed E-state index contributed by atoms with van der Waals surface area (Å²) >= 11 is 0. The topological polar surface area (TPSA) is 46.9 Å². The minimum absolute atomic E-state index is 0.0370. The van der Waals surface area contributed by atoms with Gasteiger partial charge in [-0.25, -0.2) is 4.98 Å². The van der Waals surface area contributed by atoms with Gasteiger partial charge in [-0.3, -0.25) is 4.79 Å². The predicted octanol–water partition coefficient (Wildman–Crippen LogP) is 3.54. The molecule has 1 N–H and O–H groups in total. The van der Waals surface area contributed by atoms with Gasteiger partial charge < -0.3 is 9.88 Å². The van der Waals surface area contributed by atoms with Crippen LogP contribution in [0.15, 0.2) is 48.5 Å². The molecular weight excluding hydrogens is 298 g/mol. The Hall–Kier alpha value is -2.62. The Balaban J connectivity index is 1.48. The van der Waals surface area contributed by atoms with Gasteiger partial charge in [-0.05, 0) is 37.5 Å². The number of carbonyl (C=O) groups excluding carboxylic acids is 1. The van der Waals surface area contributed by atoms with Crippen molar-refractivity contribution in [2.24, 2.45) is 0 Å². The van der Waals surface area contributed by atoms with Crippen molar-refractivity contribution in [3.05, 3.63) is 65.5 Å². The number of amides is 1. The third kappa shape index (κ3) is 3.04. The first-order chi connectivity index (χ1) is 11.7. The molecule has 122 valence electrons. The van der Waals surface area contributed by atoms with Crippen molar-refractivity contribution in [2.45, 2.75) is 38.8 Å². The Labute approximate surface area is 141 Å². The van der Waals surface area contributed by atoms with Gasteiger partial charge in [0.15, 0.2) is 0 Å². The third-order valence-corrected chi connectivity index (χ3v) is 4.47. The molecule has 4 heteroatoms. The lowest BCUT2D eigenvalue weighted by Gasteiger charge is -2.09. The molecule has 1 fully saturated rings. The van der Waals surface area contributed by atoms with Gasteiger partial charge in [-0.1, -0.05) is 42.0 Å². The molecule has 0 spiro atoms.